The van der Waals surface area contributed by atoms with Crippen LogP contribution in [0.1, 0.15) is 18.5 Å². The maximum absolute atomic E-state index is 11.4. The largest absolute Gasteiger partial charge is 0.468 e. The number of aromatic nitrogens is 2. The molecule has 14 heavy (non-hydrogen) atoms. The van der Waals surface area contributed by atoms with Crippen LogP contribution in [0.5, 0.6) is 0 Å². The van der Waals surface area contributed by atoms with Gasteiger partial charge in [0.05, 0.1) is 19.1 Å². The summed E-state index contributed by atoms with van der Waals surface area (Å²) in [5, 5.41) is 0. The molecule has 1 heterocycles. The lowest BCUT2D eigenvalue weighted by Crippen LogP contribution is -2.25. The van der Waals surface area contributed by atoms with E-state index in [1.807, 2.05) is 11.5 Å². The van der Waals surface area contributed by atoms with Gasteiger partial charge in [-0.05, 0) is 6.92 Å². The van der Waals surface area contributed by atoms with Gasteiger partial charge in [0, 0.05) is 19.3 Å². The van der Waals surface area contributed by atoms with E-state index in [4.69, 9.17) is 5.73 Å². The molecule has 0 aromatic carbocycles. The lowest BCUT2D eigenvalue weighted by atomic mass is 10.1. The van der Waals surface area contributed by atoms with E-state index in [0.717, 1.165) is 12.2 Å². The van der Waals surface area contributed by atoms with Crippen LogP contribution in [0.4, 0.5) is 0 Å². The normalized spacial score (nSPS) is 12.5. The lowest BCUT2D eigenvalue weighted by Gasteiger charge is -2.13. The smallest absolute Gasteiger partial charge is 0.316 e. The van der Waals surface area contributed by atoms with Gasteiger partial charge in [-0.3, -0.25) is 4.79 Å². The number of aryl methyl sites for hydroxylation is 1. The number of hydrogen-bond acceptors (Lipinski definition) is 4. The average molecular weight is 197 g/mol. The number of ether oxygens (including phenoxy) is 1. The summed E-state index contributed by atoms with van der Waals surface area (Å²) in [6.45, 7) is 2.98. The number of hydrogen-bond donors (Lipinski definition) is 1. The molecule has 0 saturated heterocycles. The molecule has 0 spiro atoms. The topological polar surface area (TPSA) is 70.1 Å². The van der Waals surface area contributed by atoms with Crippen LogP contribution in [0.15, 0.2) is 12.5 Å². The van der Waals surface area contributed by atoms with Gasteiger partial charge >= 0.3 is 5.97 Å². The molecule has 0 aliphatic rings. The molecule has 2 N–H and O–H groups in total. The zero-order valence-electron chi connectivity index (χ0n) is 8.43. The summed E-state index contributed by atoms with van der Waals surface area (Å²) >= 11 is 0. The number of imidazole rings is 1. The maximum Gasteiger partial charge on any atom is 0.316 e. The van der Waals surface area contributed by atoms with E-state index in [2.05, 4.69) is 9.72 Å². The van der Waals surface area contributed by atoms with Gasteiger partial charge in [-0.1, -0.05) is 0 Å². The fraction of sp³-hybridized carbons (Fsp3) is 0.556. The summed E-state index contributed by atoms with van der Waals surface area (Å²) in [5.74, 6) is -0.731. The standard InChI is InChI=1S/C9H15N3O2/c1-3-12-6-11-5-8(12)7(4-10)9(13)14-2/h5-7H,3-4,10H2,1-2H3. The number of esters is 1. The highest BCUT2D eigenvalue weighted by atomic mass is 16.5. The van der Waals surface area contributed by atoms with Gasteiger partial charge in [-0.25, -0.2) is 4.98 Å². The highest BCUT2D eigenvalue weighted by molar-refractivity contribution is 5.77. The van der Waals surface area contributed by atoms with Crippen molar-refractivity contribution in [2.45, 2.75) is 19.4 Å². The first-order valence-corrected chi connectivity index (χ1v) is 4.52. The highest BCUT2D eigenvalue weighted by Gasteiger charge is 2.22. The van der Waals surface area contributed by atoms with Crippen molar-refractivity contribution in [2.75, 3.05) is 13.7 Å². The molecule has 0 bridgehead atoms. The Kier molecular flexibility index (Phi) is 3.64. The SMILES string of the molecule is CCn1cncc1C(CN)C(=O)OC. The fourth-order valence-electron chi connectivity index (χ4n) is 1.37. The van der Waals surface area contributed by atoms with Crippen LogP contribution in [-0.4, -0.2) is 29.2 Å². The first-order valence-electron chi connectivity index (χ1n) is 4.52. The van der Waals surface area contributed by atoms with Crippen LogP contribution >= 0.6 is 0 Å². The van der Waals surface area contributed by atoms with E-state index in [0.29, 0.717) is 0 Å². The van der Waals surface area contributed by atoms with Crippen LogP contribution in [0.2, 0.25) is 0 Å². The van der Waals surface area contributed by atoms with Crippen molar-refractivity contribution < 1.29 is 9.53 Å². The molecular weight excluding hydrogens is 182 g/mol. The van der Waals surface area contributed by atoms with Crippen LogP contribution in [-0.2, 0) is 16.1 Å². The van der Waals surface area contributed by atoms with E-state index in [1.54, 1.807) is 12.5 Å². The number of rotatable bonds is 4. The second-order valence-corrected chi connectivity index (χ2v) is 2.92. The molecule has 5 nitrogen and oxygen atoms in total. The summed E-state index contributed by atoms with van der Waals surface area (Å²) in [5.41, 5.74) is 6.33. The highest BCUT2D eigenvalue weighted by Crippen LogP contribution is 2.15. The molecule has 0 amide bonds. The zero-order chi connectivity index (χ0) is 10.6. The quantitative estimate of drug-likeness (QED) is 0.696. The van der Waals surface area contributed by atoms with Gasteiger partial charge in [-0.15, -0.1) is 0 Å². The molecule has 1 rings (SSSR count). The van der Waals surface area contributed by atoms with Gasteiger partial charge in [0.1, 0.15) is 5.92 Å². The Labute approximate surface area is 82.9 Å². The Bertz CT molecular complexity index is 309. The van der Waals surface area contributed by atoms with Crippen molar-refractivity contribution in [3.8, 4) is 0 Å². The van der Waals surface area contributed by atoms with Gasteiger partial charge in [0.2, 0.25) is 0 Å². The Morgan fingerprint density at radius 1 is 1.79 bits per heavy atom. The Morgan fingerprint density at radius 2 is 2.50 bits per heavy atom. The van der Waals surface area contributed by atoms with Crippen molar-refractivity contribution in [1.82, 2.24) is 9.55 Å². The number of nitrogens with two attached hydrogens (primary N) is 1. The summed E-state index contributed by atoms with van der Waals surface area (Å²) in [7, 11) is 1.36. The molecule has 0 saturated carbocycles. The monoisotopic (exact) mass is 197 g/mol. The van der Waals surface area contributed by atoms with E-state index < -0.39 is 5.92 Å². The van der Waals surface area contributed by atoms with Gasteiger partial charge in [0.25, 0.3) is 0 Å². The van der Waals surface area contributed by atoms with Gasteiger partial charge < -0.3 is 15.0 Å². The number of carbonyl (C=O) groups excluding carboxylic acids is 1. The molecule has 0 aliphatic carbocycles. The number of methoxy groups -OCH3 is 1. The van der Waals surface area contributed by atoms with E-state index in [1.165, 1.54) is 7.11 Å². The molecule has 0 fully saturated rings. The molecule has 78 valence electrons. The minimum atomic E-state index is -0.414. The average Bonchev–Trinajstić information content (AvgIpc) is 2.66. The molecule has 5 heteroatoms. The molecule has 0 radical (unpaired) electrons. The van der Waals surface area contributed by atoms with Crippen molar-refractivity contribution in [2.24, 2.45) is 5.73 Å². The first kappa shape index (κ1) is 10.7. The lowest BCUT2D eigenvalue weighted by molar-refractivity contribution is -0.142. The summed E-state index contributed by atoms with van der Waals surface area (Å²) in [6, 6.07) is 0. The number of carbonyl (C=O) groups is 1. The van der Waals surface area contributed by atoms with Crippen LogP contribution in [0.25, 0.3) is 0 Å². The first-order chi connectivity index (χ1) is 6.74. The number of nitrogens with zero attached hydrogens (tertiary/aromatic N) is 2. The van der Waals surface area contributed by atoms with Gasteiger partial charge in [-0.2, -0.15) is 0 Å². The molecule has 1 aromatic rings. The van der Waals surface area contributed by atoms with Crippen molar-refractivity contribution >= 4 is 5.97 Å². The van der Waals surface area contributed by atoms with E-state index >= 15 is 0 Å². The third-order valence-electron chi connectivity index (χ3n) is 2.16. The van der Waals surface area contributed by atoms with Crippen LogP contribution in [0.3, 0.4) is 0 Å². The molecule has 1 unspecified atom stereocenters. The fourth-order valence-corrected chi connectivity index (χ4v) is 1.37. The van der Waals surface area contributed by atoms with E-state index in [-0.39, 0.29) is 12.5 Å². The summed E-state index contributed by atoms with van der Waals surface area (Å²) in [6.07, 6.45) is 3.33. The van der Waals surface area contributed by atoms with Crippen molar-refractivity contribution in [3.63, 3.8) is 0 Å². The van der Waals surface area contributed by atoms with Gasteiger partial charge in [0.15, 0.2) is 0 Å². The molecule has 1 atom stereocenters. The minimum Gasteiger partial charge on any atom is -0.468 e. The predicted molar refractivity (Wildman–Crippen MR) is 51.7 cm³/mol. The van der Waals surface area contributed by atoms with Crippen LogP contribution in [0, 0.1) is 0 Å². The zero-order valence-corrected chi connectivity index (χ0v) is 8.43. The third kappa shape index (κ3) is 1.93. The summed E-state index contributed by atoms with van der Waals surface area (Å²) in [4.78, 5) is 15.3. The van der Waals surface area contributed by atoms with Crippen LogP contribution < -0.4 is 5.73 Å². The molecule has 1 aromatic heterocycles. The molecular formula is C9H15N3O2. The molecule has 0 aliphatic heterocycles. The Morgan fingerprint density at radius 3 is 3.00 bits per heavy atom. The second kappa shape index (κ2) is 4.76. The third-order valence-corrected chi connectivity index (χ3v) is 2.16. The Balaban J connectivity index is 2.94. The second-order valence-electron chi connectivity index (χ2n) is 2.92. The summed E-state index contributed by atoms with van der Waals surface area (Å²) < 4.78 is 6.55. The van der Waals surface area contributed by atoms with E-state index in [9.17, 15) is 4.79 Å². The minimum absolute atomic E-state index is 0.234. The van der Waals surface area contributed by atoms with Crippen molar-refractivity contribution in [3.05, 3.63) is 18.2 Å². The van der Waals surface area contributed by atoms with Crippen molar-refractivity contribution in [1.29, 1.82) is 0 Å². The predicted octanol–water partition coefficient (Wildman–Crippen LogP) is 0.118. The Hall–Kier alpha value is -1.36. The maximum atomic E-state index is 11.4.